The largest absolute Gasteiger partial charge is 0.469 e. The minimum Gasteiger partial charge on any atom is -0.469 e. The number of hydrogen-bond donors (Lipinski definition) is 0. The number of benzene rings is 2. The maximum absolute atomic E-state index is 11.4. The molecule has 1 heterocycles. The van der Waals surface area contributed by atoms with Gasteiger partial charge >= 0.3 is 5.97 Å². The van der Waals surface area contributed by atoms with E-state index in [0.29, 0.717) is 24.9 Å². The molecule has 2 aromatic carbocycles. The van der Waals surface area contributed by atoms with E-state index < -0.39 is 0 Å². The van der Waals surface area contributed by atoms with Crippen LogP contribution in [-0.4, -0.2) is 22.6 Å². The van der Waals surface area contributed by atoms with Crippen molar-refractivity contribution in [3.05, 3.63) is 66.5 Å². The number of carbonyl (C=O) groups excluding carboxylic acids is 1. The number of ether oxygens (including phenoxy) is 1. The lowest BCUT2D eigenvalue weighted by atomic mass is 10.0. The summed E-state index contributed by atoms with van der Waals surface area (Å²) in [6, 6.07) is 19.6. The predicted octanol–water partition coefficient (Wildman–Crippen LogP) is 4.04. The standard InChI is InChI=1S/C21H19N3O2/c1-26-19(25)8-5-13-24-15-23-20(17-6-3-2-4-7-17)21(24)18-11-9-16(14-22)10-12-18/h2-4,6-7,9-12,15H,5,8,13H2,1H3. The monoisotopic (exact) mass is 345 g/mol. The van der Waals surface area contributed by atoms with Crippen molar-refractivity contribution in [3.63, 3.8) is 0 Å². The molecule has 1 aromatic heterocycles. The first-order valence-corrected chi connectivity index (χ1v) is 8.41. The lowest BCUT2D eigenvalue weighted by Crippen LogP contribution is -2.05. The molecule has 0 saturated heterocycles. The number of aromatic nitrogens is 2. The first-order chi connectivity index (χ1) is 12.7. The highest BCUT2D eigenvalue weighted by Crippen LogP contribution is 2.31. The molecule has 0 fully saturated rings. The molecular weight excluding hydrogens is 326 g/mol. The van der Waals surface area contributed by atoms with Crippen molar-refractivity contribution in [2.45, 2.75) is 19.4 Å². The minimum absolute atomic E-state index is 0.215. The van der Waals surface area contributed by atoms with Gasteiger partial charge in [0.2, 0.25) is 0 Å². The van der Waals surface area contributed by atoms with E-state index in [1.54, 1.807) is 18.5 Å². The molecule has 0 N–H and O–H groups in total. The molecule has 3 aromatic rings. The molecule has 0 aliphatic heterocycles. The number of nitriles is 1. The average molecular weight is 345 g/mol. The average Bonchev–Trinajstić information content (AvgIpc) is 3.12. The summed E-state index contributed by atoms with van der Waals surface area (Å²) in [6.45, 7) is 0.657. The van der Waals surface area contributed by atoms with Gasteiger partial charge in [-0.3, -0.25) is 4.79 Å². The van der Waals surface area contributed by atoms with Crippen molar-refractivity contribution in [2.75, 3.05) is 7.11 Å². The van der Waals surface area contributed by atoms with Crippen LogP contribution < -0.4 is 0 Å². The van der Waals surface area contributed by atoms with Crippen LogP contribution in [-0.2, 0) is 16.1 Å². The van der Waals surface area contributed by atoms with Gasteiger partial charge in [0.05, 0.1) is 36.5 Å². The van der Waals surface area contributed by atoms with Crippen LogP contribution in [0.2, 0.25) is 0 Å². The molecule has 5 nitrogen and oxygen atoms in total. The summed E-state index contributed by atoms with van der Waals surface area (Å²) in [6.07, 6.45) is 2.83. The fourth-order valence-corrected chi connectivity index (χ4v) is 2.86. The Morgan fingerprint density at radius 3 is 2.50 bits per heavy atom. The van der Waals surface area contributed by atoms with E-state index in [1.807, 2.05) is 47.0 Å². The van der Waals surface area contributed by atoms with E-state index in [4.69, 9.17) is 10.00 Å². The highest BCUT2D eigenvalue weighted by Gasteiger charge is 2.15. The van der Waals surface area contributed by atoms with Gasteiger partial charge in [-0.1, -0.05) is 42.5 Å². The quantitative estimate of drug-likeness (QED) is 0.632. The smallest absolute Gasteiger partial charge is 0.305 e. The van der Waals surface area contributed by atoms with Gasteiger partial charge in [-0.2, -0.15) is 5.26 Å². The Bertz CT molecular complexity index is 922. The summed E-state index contributed by atoms with van der Waals surface area (Å²) in [5.74, 6) is -0.215. The second kappa shape index (κ2) is 8.13. The second-order valence-corrected chi connectivity index (χ2v) is 5.87. The van der Waals surface area contributed by atoms with Gasteiger partial charge in [0.25, 0.3) is 0 Å². The minimum atomic E-state index is -0.215. The third-order valence-electron chi connectivity index (χ3n) is 4.18. The van der Waals surface area contributed by atoms with Crippen molar-refractivity contribution < 1.29 is 9.53 Å². The van der Waals surface area contributed by atoms with Crippen LogP contribution in [0.25, 0.3) is 22.5 Å². The molecule has 0 spiro atoms. The van der Waals surface area contributed by atoms with Crippen LogP contribution in [0, 0.1) is 11.3 Å². The Kier molecular flexibility index (Phi) is 5.45. The summed E-state index contributed by atoms with van der Waals surface area (Å²) in [5.41, 5.74) is 4.49. The number of rotatable bonds is 6. The van der Waals surface area contributed by atoms with Crippen LogP contribution in [0.15, 0.2) is 60.9 Å². The summed E-state index contributed by atoms with van der Waals surface area (Å²) in [7, 11) is 1.40. The summed E-state index contributed by atoms with van der Waals surface area (Å²) >= 11 is 0. The fraction of sp³-hybridized carbons (Fsp3) is 0.190. The van der Waals surface area contributed by atoms with E-state index in [9.17, 15) is 4.79 Å². The number of nitrogens with zero attached hydrogens (tertiary/aromatic N) is 3. The number of esters is 1. The second-order valence-electron chi connectivity index (χ2n) is 5.87. The Morgan fingerprint density at radius 2 is 1.85 bits per heavy atom. The normalized spacial score (nSPS) is 10.3. The van der Waals surface area contributed by atoms with E-state index >= 15 is 0 Å². The molecule has 0 unspecified atom stereocenters. The Balaban J connectivity index is 1.98. The first kappa shape index (κ1) is 17.4. The zero-order valence-corrected chi connectivity index (χ0v) is 14.6. The SMILES string of the molecule is COC(=O)CCCn1cnc(-c2ccccc2)c1-c1ccc(C#N)cc1. The summed E-state index contributed by atoms with van der Waals surface area (Å²) in [5, 5.41) is 9.03. The third-order valence-corrected chi connectivity index (χ3v) is 4.18. The van der Waals surface area contributed by atoms with Crippen molar-refractivity contribution in [1.82, 2.24) is 9.55 Å². The van der Waals surface area contributed by atoms with Gasteiger partial charge in [-0.15, -0.1) is 0 Å². The van der Waals surface area contributed by atoms with Gasteiger partial charge in [-0.25, -0.2) is 4.98 Å². The molecule has 0 radical (unpaired) electrons. The Morgan fingerprint density at radius 1 is 1.12 bits per heavy atom. The molecule has 0 atom stereocenters. The molecule has 0 saturated carbocycles. The Labute approximate surface area is 152 Å². The van der Waals surface area contributed by atoms with Crippen LogP contribution in [0.3, 0.4) is 0 Å². The first-order valence-electron chi connectivity index (χ1n) is 8.41. The number of methoxy groups -OCH3 is 1. The molecule has 130 valence electrons. The van der Waals surface area contributed by atoms with Crippen molar-refractivity contribution in [2.24, 2.45) is 0 Å². The predicted molar refractivity (Wildman–Crippen MR) is 99.1 cm³/mol. The molecular formula is C21H19N3O2. The number of hydrogen-bond acceptors (Lipinski definition) is 4. The fourth-order valence-electron chi connectivity index (χ4n) is 2.86. The van der Waals surface area contributed by atoms with Gasteiger partial charge in [0.1, 0.15) is 0 Å². The maximum atomic E-state index is 11.4. The molecule has 3 rings (SSSR count). The van der Waals surface area contributed by atoms with Gasteiger partial charge in [-0.05, 0) is 18.6 Å². The summed E-state index contributed by atoms with van der Waals surface area (Å²) < 4.78 is 6.76. The van der Waals surface area contributed by atoms with Crippen LogP contribution in [0.5, 0.6) is 0 Å². The van der Waals surface area contributed by atoms with E-state index in [-0.39, 0.29) is 5.97 Å². The number of imidazole rings is 1. The summed E-state index contributed by atoms with van der Waals surface area (Å²) in [4.78, 5) is 16.0. The molecule has 0 aliphatic carbocycles. The van der Waals surface area contributed by atoms with Crippen LogP contribution in [0.1, 0.15) is 18.4 Å². The van der Waals surface area contributed by atoms with E-state index in [1.165, 1.54) is 7.11 Å². The topological polar surface area (TPSA) is 67.9 Å². The van der Waals surface area contributed by atoms with Crippen molar-refractivity contribution in [3.8, 4) is 28.6 Å². The molecule has 0 amide bonds. The lowest BCUT2D eigenvalue weighted by Gasteiger charge is -2.11. The highest BCUT2D eigenvalue weighted by molar-refractivity contribution is 5.78. The Hall–Kier alpha value is -3.39. The highest BCUT2D eigenvalue weighted by atomic mass is 16.5. The maximum Gasteiger partial charge on any atom is 0.305 e. The molecule has 0 aliphatic rings. The van der Waals surface area contributed by atoms with E-state index in [2.05, 4.69) is 11.1 Å². The molecule has 26 heavy (non-hydrogen) atoms. The van der Waals surface area contributed by atoms with Crippen molar-refractivity contribution in [1.29, 1.82) is 5.26 Å². The molecule has 0 bridgehead atoms. The number of carbonyl (C=O) groups is 1. The number of aryl methyl sites for hydroxylation is 1. The van der Waals surface area contributed by atoms with Crippen molar-refractivity contribution >= 4 is 5.97 Å². The third kappa shape index (κ3) is 3.81. The van der Waals surface area contributed by atoms with E-state index in [0.717, 1.165) is 22.5 Å². The van der Waals surface area contributed by atoms with Crippen LogP contribution >= 0.6 is 0 Å². The zero-order chi connectivity index (χ0) is 18.4. The van der Waals surface area contributed by atoms with Gasteiger partial charge in [0.15, 0.2) is 0 Å². The van der Waals surface area contributed by atoms with Gasteiger partial charge in [0, 0.05) is 24.1 Å². The molecule has 5 heteroatoms. The zero-order valence-electron chi connectivity index (χ0n) is 14.6. The van der Waals surface area contributed by atoms with Crippen LogP contribution in [0.4, 0.5) is 0 Å². The lowest BCUT2D eigenvalue weighted by molar-refractivity contribution is -0.140. The van der Waals surface area contributed by atoms with Gasteiger partial charge < -0.3 is 9.30 Å².